The second-order valence-corrected chi connectivity index (χ2v) is 3.18. The van der Waals surface area contributed by atoms with Crippen LogP contribution >= 0.6 is 12.6 Å². The molecule has 0 aliphatic heterocycles. The second kappa shape index (κ2) is 3.31. The molecule has 1 heteroatoms. The van der Waals surface area contributed by atoms with Crippen molar-refractivity contribution in [2.75, 3.05) is 5.75 Å². The number of rotatable bonds is 3. The lowest BCUT2D eigenvalue weighted by molar-refractivity contribution is 0.983. The molecule has 52 valence electrons. The molecule has 0 radical (unpaired) electrons. The zero-order valence-corrected chi connectivity index (χ0v) is 6.82. The van der Waals surface area contributed by atoms with Gasteiger partial charge in [-0.25, -0.2) is 0 Å². The molecule has 1 rings (SSSR count). The van der Waals surface area contributed by atoms with E-state index in [1.54, 1.807) is 5.57 Å². The first-order valence-corrected chi connectivity index (χ1v) is 4.25. The summed E-state index contributed by atoms with van der Waals surface area (Å²) in [4.78, 5) is 0. The highest BCUT2D eigenvalue weighted by molar-refractivity contribution is 7.80. The summed E-state index contributed by atoms with van der Waals surface area (Å²) in [5.41, 5.74) is 1.59. The van der Waals surface area contributed by atoms with E-state index in [0.29, 0.717) is 0 Å². The summed E-state index contributed by atoms with van der Waals surface area (Å²) in [5.74, 6) is 1.94. The summed E-state index contributed by atoms with van der Waals surface area (Å²) >= 11 is 4.14. The van der Waals surface area contributed by atoms with Crippen LogP contribution < -0.4 is 0 Å². The van der Waals surface area contributed by atoms with Gasteiger partial charge < -0.3 is 0 Å². The normalized spacial score (nSPS) is 20.4. The molecule has 0 aromatic carbocycles. The van der Waals surface area contributed by atoms with Gasteiger partial charge >= 0.3 is 0 Å². The highest BCUT2D eigenvalue weighted by Gasteiger charge is 2.22. The van der Waals surface area contributed by atoms with Crippen LogP contribution in [0, 0.1) is 5.92 Å². The van der Waals surface area contributed by atoms with Gasteiger partial charge in [0.1, 0.15) is 0 Å². The minimum Gasteiger partial charge on any atom is -0.179 e. The third-order valence-corrected chi connectivity index (χ3v) is 2.07. The Balaban J connectivity index is 2.20. The Morgan fingerprint density at radius 1 is 1.67 bits per heavy atom. The first-order chi connectivity index (χ1) is 4.34. The molecule has 0 saturated heterocycles. The van der Waals surface area contributed by atoms with E-state index in [0.717, 1.165) is 18.1 Å². The number of hydrogen-bond donors (Lipinski definition) is 1. The summed E-state index contributed by atoms with van der Waals surface area (Å²) < 4.78 is 0. The SMILES string of the molecule is C/C(=C/CCS)C1CC1. The van der Waals surface area contributed by atoms with E-state index in [1.807, 2.05) is 0 Å². The van der Waals surface area contributed by atoms with Crippen molar-refractivity contribution in [1.29, 1.82) is 0 Å². The Labute approximate surface area is 62.8 Å². The summed E-state index contributed by atoms with van der Waals surface area (Å²) in [5, 5.41) is 0. The minimum absolute atomic E-state index is 0.949. The molecule has 0 nitrogen and oxygen atoms in total. The van der Waals surface area contributed by atoms with Gasteiger partial charge in [-0.3, -0.25) is 0 Å². The standard InChI is InChI=1S/C8H14S/c1-7(3-2-6-9)8-4-5-8/h3,8-9H,2,4-6H2,1H3/b7-3-. The molecule has 0 spiro atoms. The smallest absolute Gasteiger partial charge is 0.00632 e. The fourth-order valence-electron chi connectivity index (χ4n) is 0.998. The molecule has 0 unspecified atom stereocenters. The van der Waals surface area contributed by atoms with E-state index in [4.69, 9.17) is 0 Å². The number of thiol groups is 1. The van der Waals surface area contributed by atoms with Gasteiger partial charge in [-0.2, -0.15) is 12.6 Å². The van der Waals surface area contributed by atoms with Gasteiger partial charge in [-0.05, 0) is 37.9 Å². The predicted octanol–water partition coefficient (Wildman–Crippen LogP) is 2.66. The first kappa shape index (κ1) is 7.20. The van der Waals surface area contributed by atoms with E-state index in [9.17, 15) is 0 Å². The van der Waals surface area contributed by atoms with Crippen molar-refractivity contribution in [2.45, 2.75) is 26.2 Å². The lowest BCUT2D eigenvalue weighted by atomic mass is 10.2. The zero-order chi connectivity index (χ0) is 6.69. The molecule has 1 fully saturated rings. The Morgan fingerprint density at radius 3 is 2.78 bits per heavy atom. The highest BCUT2D eigenvalue weighted by Crippen LogP contribution is 2.36. The molecule has 0 N–H and O–H groups in total. The molecule has 0 heterocycles. The molecule has 1 aliphatic carbocycles. The van der Waals surface area contributed by atoms with Crippen LogP contribution in [0.2, 0.25) is 0 Å². The van der Waals surface area contributed by atoms with Gasteiger partial charge in [-0.15, -0.1) is 0 Å². The van der Waals surface area contributed by atoms with Crippen molar-refractivity contribution in [3.05, 3.63) is 11.6 Å². The van der Waals surface area contributed by atoms with Crippen LogP contribution in [0.1, 0.15) is 26.2 Å². The third kappa shape index (κ3) is 2.44. The molecule has 0 aromatic rings. The molecule has 0 aromatic heterocycles. The second-order valence-electron chi connectivity index (χ2n) is 2.73. The van der Waals surface area contributed by atoms with Crippen LogP contribution in [0.15, 0.2) is 11.6 Å². The first-order valence-electron chi connectivity index (χ1n) is 3.62. The minimum atomic E-state index is 0.949. The van der Waals surface area contributed by atoms with Gasteiger partial charge in [0.2, 0.25) is 0 Å². The van der Waals surface area contributed by atoms with Crippen molar-refractivity contribution in [2.24, 2.45) is 5.92 Å². The van der Waals surface area contributed by atoms with Crippen molar-refractivity contribution in [3.63, 3.8) is 0 Å². The lowest BCUT2D eigenvalue weighted by Crippen LogP contribution is -1.78. The maximum absolute atomic E-state index is 4.14. The molecule has 1 aliphatic rings. The average molecular weight is 142 g/mol. The van der Waals surface area contributed by atoms with Gasteiger partial charge in [0.15, 0.2) is 0 Å². The van der Waals surface area contributed by atoms with E-state index in [1.165, 1.54) is 12.8 Å². The van der Waals surface area contributed by atoms with Gasteiger partial charge in [0.25, 0.3) is 0 Å². The van der Waals surface area contributed by atoms with Crippen LogP contribution in [0.5, 0.6) is 0 Å². The van der Waals surface area contributed by atoms with Crippen molar-refractivity contribution >= 4 is 12.6 Å². The predicted molar refractivity (Wildman–Crippen MR) is 45.0 cm³/mol. The number of allylic oxidation sites excluding steroid dienone is 2. The number of hydrogen-bond acceptors (Lipinski definition) is 1. The Morgan fingerprint density at radius 2 is 2.33 bits per heavy atom. The fourth-order valence-corrected chi connectivity index (χ4v) is 1.13. The fraction of sp³-hybridized carbons (Fsp3) is 0.750. The van der Waals surface area contributed by atoms with Crippen LogP contribution in [0.4, 0.5) is 0 Å². The lowest BCUT2D eigenvalue weighted by Gasteiger charge is -1.93. The van der Waals surface area contributed by atoms with Crippen LogP contribution in [0.3, 0.4) is 0 Å². The van der Waals surface area contributed by atoms with Gasteiger partial charge in [0, 0.05) is 0 Å². The van der Waals surface area contributed by atoms with E-state index >= 15 is 0 Å². The summed E-state index contributed by atoms with van der Waals surface area (Å²) in [6, 6.07) is 0. The topological polar surface area (TPSA) is 0 Å². The molecule has 0 amide bonds. The Kier molecular flexibility index (Phi) is 2.65. The third-order valence-electron chi connectivity index (χ3n) is 1.82. The molecule has 1 saturated carbocycles. The van der Waals surface area contributed by atoms with Crippen LogP contribution in [-0.4, -0.2) is 5.75 Å². The van der Waals surface area contributed by atoms with Crippen LogP contribution in [-0.2, 0) is 0 Å². The largest absolute Gasteiger partial charge is 0.179 e. The molecule has 0 atom stereocenters. The molecular formula is C8H14S. The Hall–Kier alpha value is 0.0900. The molecular weight excluding hydrogens is 128 g/mol. The summed E-state index contributed by atoms with van der Waals surface area (Å²) in [7, 11) is 0. The average Bonchev–Trinajstić information content (AvgIpc) is 2.63. The zero-order valence-electron chi connectivity index (χ0n) is 5.93. The van der Waals surface area contributed by atoms with Crippen molar-refractivity contribution < 1.29 is 0 Å². The van der Waals surface area contributed by atoms with Gasteiger partial charge in [0.05, 0.1) is 0 Å². The van der Waals surface area contributed by atoms with Crippen molar-refractivity contribution in [1.82, 2.24) is 0 Å². The molecule has 9 heavy (non-hydrogen) atoms. The maximum Gasteiger partial charge on any atom is -0.00632 e. The maximum atomic E-state index is 4.14. The highest BCUT2D eigenvalue weighted by atomic mass is 32.1. The van der Waals surface area contributed by atoms with Crippen LogP contribution in [0.25, 0.3) is 0 Å². The summed E-state index contributed by atoms with van der Waals surface area (Å²) in [6.07, 6.45) is 6.32. The monoisotopic (exact) mass is 142 g/mol. The molecule has 0 bridgehead atoms. The quantitative estimate of drug-likeness (QED) is 0.454. The van der Waals surface area contributed by atoms with Crippen molar-refractivity contribution in [3.8, 4) is 0 Å². The Bertz CT molecular complexity index is 112. The van der Waals surface area contributed by atoms with E-state index in [2.05, 4.69) is 25.6 Å². The van der Waals surface area contributed by atoms with E-state index in [-0.39, 0.29) is 0 Å². The van der Waals surface area contributed by atoms with Gasteiger partial charge in [-0.1, -0.05) is 11.6 Å². The summed E-state index contributed by atoms with van der Waals surface area (Å²) in [6.45, 7) is 2.24. The van der Waals surface area contributed by atoms with E-state index < -0.39 is 0 Å².